The summed E-state index contributed by atoms with van der Waals surface area (Å²) >= 11 is 0. The molecule has 0 aliphatic heterocycles. The minimum absolute atomic E-state index is 0. The summed E-state index contributed by atoms with van der Waals surface area (Å²) < 4.78 is 0. The lowest BCUT2D eigenvalue weighted by molar-refractivity contribution is 0.308. The van der Waals surface area contributed by atoms with Crippen molar-refractivity contribution in [3.05, 3.63) is 0 Å². The summed E-state index contributed by atoms with van der Waals surface area (Å²) in [6.45, 7) is 18.9. The first kappa shape index (κ1) is 39.6. The highest BCUT2D eigenvalue weighted by Gasteiger charge is 2.15. The van der Waals surface area contributed by atoms with E-state index in [0.29, 0.717) is 0 Å². The molecule has 0 nitrogen and oxygen atoms in total. The van der Waals surface area contributed by atoms with Crippen LogP contribution < -0.4 is 0 Å². The molecule has 0 bridgehead atoms. The van der Waals surface area contributed by atoms with Gasteiger partial charge in [-0.3, -0.25) is 0 Å². The minimum atomic E-state index is 0. The SMILES string of the molecule is C.C.CC1CCC(C)CC1.CC1CCC(C)CC1.CC1CCC(C)CC1.CC1CCC(C)CC1.[2HH].[B]. The van der Waals surface area contributed by atoms with Crippen molar-refractivity contribution in [2.24, 2.45) is 47.3 Å². The van der Waals surface area contributed by atoms with Crippen LogP contribution in [-0.2, 0) is 0 Å². The Labute approximate surface area is 230 Å². The lowest BCUT2D eigenvalue weighted by atomic mass is 9.84. The Morgan fingerprint density at radius 1 is 0.257 bits per heavy atom. The van der Waals surface area contributed by atoms with E-state index in [-0.39, 0.29) is 24.7 Å². The molecule has 213 valence electrons. The van der Waals surface area contributed by atoms with Crippen molar-refractivity contribution in [1.29, 1.82) is 0 Å². The second-order valence-electron chi connectivity index (χ2n) is 13.5. The Morgan fingerprint density at radius 3 is 0.371 bits per heavy atom. The van der Waals surface area contributed by atoms with E-state index >= 15 is 0 Å². The van der Waals surface area contributed by atoms with Crippen molar-refractivity contribution in [3.8, 4) is 0 Å². The number of rotatable bonds is 0. The van der Waals surface area contributed by atoms with E-state index in [1.54, 1.807) is 0 Å². The molecule has 0 saturated heterocycles. The molecule has 0 spiro atoms. The molecule has 35 heavy (non-hydrogen) atoms. The number of hydrogen-bond acceptors (Lipinski definition) is 0. The largest absolute Gasteiger partial charge is 0.0776 e. The molecule has 4 saturated carbocycles. The predicted molar refractivity (Wildman–Crippen MR) is 169 cm³/mol. The molecular formula is C34H74B. The van der Waals surface area contributed by atoms with E-state index in [0.717, 1.165) is 47.3 Å². The van der Waals surface area contributed by atoms with Crippen LogP contribution >= 0.6 is 0 Å². The first-order chi connectivity index (χ1) is 15.2. The molecule has 0 amide bonds. The van der Waals surface area contributed by atoms with Crippen molar-refractivity contribution < 1.29 is 1.43 Å². The summed E-state index contributed by atoms with van der Waals surface area (Å²) in [5, 5.41) is 0. The average Bonchev–Trinajstić information content (AvgIpc) is 2.78. The summed E-state index contributed by atoms with van der Waals surface area (Å²) in [6.07, 6.45) is 23.6. The molecule has 4 fully saturated rings. The van der Waals surface area contributed by atoms with Gasteiger partial charge in [-0.15, -0.1) is 0 Å². The van der Waals surface area contributed by atoms with Gasteiger partial charge in [0, 0.05) is 9.84 Å². The van der Waals surface area contributed by atoms with Gasteiger partial charge in [0.15, 0.2) is 0 Å². The van der Waals surface area contributed by atoms with Crippen molar-refractivity contribution >= 4 is 8.41 Å². The Hall–Kier alpha value is 0.0649. The quantitative estimate of drug-likeness (QED) is 0.294. The van der Waals surface area contributed by atoms with Gasteiger partial charge in [0.05, 0.1) is 0 Å². The predicted octanol–water partition coefficient (Wildman–Crippen LogP) is 12.5. The summed E-state index contributed by atoms with van der Waals surface area (Å²) in [7, 11) is 0. The van der Waals surface area contributed by atoms with E-state index in [9.17, 15) is 0 Å². The fraction of sp³-hybridized carbons (Fsp3) is 1.00. The molecule has 0 N–H and O–H groups in total. The second kappa shape index (κ2) is 23.2. The Balaban J connectivity index is -0.000000183. The zero-order chi connectivity index (χ0) is 23.9. The van der Waals surface area contributed by atoms with Crippen LogP contribution in [-0.4, -0.2) is 8.41 Å². The topological polar surface area (TPSA) is 0 Å². The van der Waals surface area contributed by atoms with Gasteiger partial charge < -0.3 is 0 Å². The van der Waals surface area contributed by atoms with Crippen LogP contribution in [0.25, 0.3) is 0 Å². The van der Waals surface area contributed by atoms with Gasteiger partial charge in [0.1, 0.15) is 0 Å². The average molecular weight is 495 g/mol. The van der Waals surface area contributed by atoms with Crippen LogP contribution in [0.1, 0.15) is 174 Å². The molecule has 0 aromatic rings. The van der Waals surface area contributed by atoms with Crippen LogP contribution in [0.3, 0.4) is 0 Å². The van der Waals surface area contributed by atoms with Crippen LogP contribution in [0.2, 0.25) is 0 Å². The van der Waals surface area contributed by atoms with Gasteiger partial charge in [-0.1, -0.05) is 173 Å². The molecule has 3 radical (unpaired) electrons. The fourth-order valence-electron chi connectivity index (χ4n) is 5.71. The fourth-order valence-corrected chi connectivity index (χ4v) is 5.71. The molecule has 0 aromatic carbocycles. The van der Waals surface area contributed by atoms with Crippen LogP contribution in [0, 0.1) is 47.3 Å². The molecule has 0 unspecified atom stereocenters. The summed E-state index contributed by atoms with van der Waals surface area (Å²) in [6, 6.07) is 0. The number of hydrogen-bond donors (Lipinski definition) is 0. The normalized spacial score (nSPS) is 36.3. The Morgan fingerprint density at radius 2 is 0.314 bits per heavy atom. The maximum Gasteiger partial charge on any atom is 0 e. The smallest absolute Gasteiger partial charge is 0 e. The summed E-state index contributed by atoms with van der Waals surface area (Å²) in [4.78, 5) is 0. The van der Waals surface area contributed by atoms with Gasteiger partial charge in [-0.2, -0.15) is 0 Å². The molecule has 4 aliphatic carbocycles. The molecule has 4 aliphatic rings. The zero-order valence-electron chi connectivity index (χ0n) is 24.5. The summed E-state index contributed by atoms with van der Waals surface area (Å²) in [5.41, 5.74) is 0. The van der Waals surface area contributed by atoms with Crippen molar-refractivity contribution in [2.45, 2.75) is 173 Å². The maximum atomic E-state index is 2.37. The molecule has 1 heteroatoms. The minimum Gasteiger partial charge on any atom is -0.0776 e. The highest BCUT2D eigenvalue weighted by Crippen LogP contribution is 2.29. The van der Waals surface area contributed by atoms with Gasteiger partial charge in [-0.25, -0.2) is 0 Å². The lowest BCUT2D eigenvalue weighted by Crippen LogP contribution is -2.08. The molecular weight excluding hydrogens is 419 g/mol. The molecule has 0 aromatic heterocycles. The van der Waals surface area contributed by atoms with Crippen molar-refractivity contribution in [1.82, 2.24) is 0 Å². The highest BCUT2D eigenvalue weighted by molar-refractivity contribution is 5.75. The van der Waals surface area contributed by atoms with E-state index in [2.05, 4.69) is 55.4 Å². The van der Waals surface area contributed by atoms with Gasteiger partial charge in [0.2, 0.25) is 0 Å². The first-order valence-electron chi connectivity index (χ1n) is 15.2. The van der Waals surface area contributed by atoms with E-state index in [4.69, 9.17) is 0 Å². The molecule has 0 atom stereocenters. The highest BCUT2D eigenvalue weighted by atomic mass is 14.2. The third kappa shape index (κ3) is 21.8. The van der Waals surface area contributed by atoms with E-state index < -0.39 is 0 Å². The molecule has 4 rings (SSSR count). The molecule has 0 heterocycles. The Kier molecular flexibility index (Phi) is 26.2. The standard InChI is InChI=1S/4C8H16.2CH4.B.H2/c4*1-7-3-5-8(2)6-4-7;;;;/h4*7-8H,3-6H2,1-2H3;2*1H4;;1H/i;;;;;;;1+1. The van der Waals surface area contributed by atoms with Crippen LogP contribution in [0.15, 0.2) is 0 Å². The van der Waals surface area contributed by atoms with Gasteiger partial charge in [-0.05, 0) is 47.3 Å². The van der Waals surface area contributed by atoms with Gasteiger partial charge in [0.25, 0.3) is 0 Å². The van der Waals surface area contributed by atoms with E-state index in [1.165, 1.54) is 103 Å². The first-order valence-corrected chi connectivity index (χ1v) is 15.2. The maximum absolute atomic E-state index is 2.37. The lowest BCUT2D eigenvalue weighted by Gasteiger charge is -2.22. The van der Waals surface area contributed by atoms with E-state index in [1.807, 2.05) is 0 Å². The van der Waals surface area contributed by atoms with Crippen molar-refractivity contribution in [2.75, 3.05) is 0 Å². The third-order valence-corrected chi connectivity index (χ3v) is 9.22. The van der Waals surface area contributed by atoms with Crippen LogP contribution in [0.5, 0.6) is 0 Å². The second-order valence-corrected chi connectivity index (χ2v) is 13.5. The monoisotopic (exact) mass is 495 g/mol. The summed E-state index contributed by atoms with van der Waals surface area (Å²) in [5.74, 6) is 8.16. The third-order valence-electron chi connectivity index (χ3n) is 9.22. The van der Waals surface area contributed by atoms with Crippen molar-refractivity contribution in [3.63, 3.8) is 0 Å². The van der Waals surface area contributed by atoms with Crippen LogP contribution in [0.4, 0.5) is 0 Å². The zero-order valence-corrected chi connectivity index (χ0v) is 24.5. The van der Waals surface area contributed by atoms with Gasteiger partial charge >= 0.3 is 0 Å². The Bertz CT molecular complexity index is 287.